The number of hydrogen-bond donors (Lipinski definition) is 1. The number of nitrogens with zero attached hydrogens (tertiary/aromatic N) is 2. The van der Waals surface area contributed by atoms with Crippen LogP contribution < -0.4 is 5.32 Å². The van der Waals surface area contributed by atoms with E-state index >= 15 is 0 Å². The van der Waals surface area contributed by atoms with Gasteiger partial charge in [-0.05, 0) is 18.1 Å². The maximum Gasteiger partial charge on any atom is 0.130 e. The minimum absolute atomic E-state index is 0.768. The van der Waals surface area contributed by atoms with Crippen LogP contribution >= 0.6 is 0 Å². The zero-order valence-electron chi connectivity index (χ0n) is 12.2. The number of hydrogen-bond acceptors (Lipinski definition) is 3. The van der Waals surface area contributed by atoms with Gasteiger partial charge >= 0.3 is 0 Å². The monoisotopic (exact) mass is 275 g/mol. The fourth-order valence-electron chi connectivity index (χ4n) is 2.31. The molecule has 2 aromatic carbocycles. The Morgan fingerprint density at radius 1 is 0.762 bits per heavy atom. The molecule has 0 aliphatic heterocycles. The number of nitrogens with one attached hydrogen (secondary N) is 1. The van der Waals surface area contributed by atoms with Crippen LogP contribution in [0.4, 0.5) is 5.82 Å². The summed E-state index contributed by atoms with van der Waals surface area (Å²) in [5.41, 5.74) is 4.46. The third-order valence-electron chi connectivity index (χ3n) is 3.38. The second-order valence-corrected chi connectivity index (χ2v) is 4.88. The van der Waals surface area contributed by atoms with Crippen molar-refractivity contribution >= 4 is 5.82 Å². The Labute approximate surface area is 124 Å². The van der Waals surface area contributed by atoms with Crippen molar-refractivity contribution in [2.24, 2.45) is 0 Å². The lowest BCUT2D eigenvalue weighted by atomic mass is 10.0. The van der Waals surface area contributed by atoms with E-state index in [0.717, 1.165) is 22.9 Å². The lowest BCUT2D eigenvalue weighted by Gasteiger charge is -2.07. The van der Waals surface area contributed by atoms with Crippen LogP contribution in [0.3, 0.4) is 0 Å². The summed E-state index contributed by atoms with van der Waals surface area (Å²) in [5, 5.41) is 3.06. The summed E-state index contributed by atoms with van der Waals surface area (Å²) in [6.07, 6.45) is 0. The van der Waals surface area contributed by atoms with Crippen LogP contribution in [0.25, 0.3) is 22.4 Å². The van der Waals surface area contributed by atoms with Crippen molar-refractivity contribution in [3.8, 4) is 22.4 Å². The number of benzene rings is 2. The summed E-state index contributed by atoms with van der Waals surface area (Å²) in [6, 6.07) is 20.8. The van der Waals surface area contributed by atoms with E-state index in [4.69, 9.17) is 0 Å². The van der Waals surface area contributed by atoms with Crippen molar-refractivity contribution in [1.82, 2.24) is 9.97 Å². The van der Waals surface area contributed by atoms with Gasteiger partial charge in [-0.15, -0.1) is 0 Å². The maximum absolute atomic E-state index is 4.50. The summed E-state index contributed by atoms with van der Waals surface area (Å²) < 4.78 is 0. The van der Waals surface area contributed by atoms with Crippen molar-refractivity contribution in [3.05, 3.63) is 66.5 Å². The molecular formula is C18H17N3. The number of anilines is 1. The lowest BCUT2D eigenvalue weighted by molar-refractivity contribution is 1.06. The molecule has 0 bridgehead atoms. The van der Waals surface area contributed by atoms with Crippen LogP contribution in [0.15, 0.2) is 60.7 Å². The number of aryl methyl sites for hydroxylation is 1. The van der Waals surface area contributed by atoms with Gasteiger partial charge in [-0.2, -0.15) is 0 Å². The average molecular weight is 275 g/mol. The molecule has 3 rings (SSSR count). The highest BCUT2D eigenvalue weighted by molar-refractivity contribution is 5.69. The van der Waals surface area contributed by atoms with Gasteiger partial charge in [-0.3, -0.25) is 0 Å². The van der Waals surface area contributed by atoms with Crippen molar-refractivity contribution in [2.75, 3.05) is 12.4 Å². The molecule has 0 amide bonds. The Kier molecular flexibility index (Phi) is 3.65. The largest absolute Gasteiger partial charge is 0.373 e. The van der Waals surface area contributed by atoms with Crippen molar-refractivity contribution < 1.29 is 0 Å². The standard InChI is InChI=1S/C18H17N3/c1-13-20-17(12-18(19-2)21-13)16-10-8-15(9-11-16)14-6-4-3-5-7-14/h3-12H,1-2H3,(H,19,20,21). The smallest absolute Gasteiger partial charge is 0.130 e. The van der Waals surface area contributed by atoms with Gasteiger partial charge in [-0.1, -0.05) is 54.6 Å². The minimum Gasteiger partial charge on any atom is -0.373 e. The SMILES string of the molecule is CNc1cc(-c2ccc(-c3ccccc3)cc2)nc(C)n1. The molecule has 0 saturated carbocycles. The molecule has 1 heterocycles. The van der Waals surface area contributed by atoms with E-state index in [1.807, 2.05) is 26.1 Å². The van der Waals surface area contributed by atoms with Gasteiger partial charge in [0.05, 0.1) is 5.69 Å². The zero-order chi connectivity index (χ0) is 14.7. The van der Waals surface area contributed by atoms with Crippen LogP contribution in [0, 0.1) is 6.92 Å². The molecule has 3 aromatic rings. The molecule has 0 aliphatic carbocycles. The van der Waals surface area contributed by atoms with Crippen molar-refractivity contribution in [3.63, 3.8) is 0 Å². The summed E-state index contributed by atoms with van der Waals surface area (Å²) in [5.74, 6) is 1.61. The van der Waals surface area contributed by atoms with Crippen LogP contribution in [-0.2, 0) is 0 Å². The van der Waals surface area contributed by atoms with Crippen LogP contribution in [0.1, 0.15) is 5.82 Å². The Morgan fingerprint density at radius 2 is 1.38 bits per heavy atom. The predicted octanol–water partition coefficient (Wildman–Crippen LogP) is 4.16. The summed E-state index contributed by atoms with van der Waals surface area (Å²) in [7, 11) is 1.87. The molecule has 1 N–H and O–H groups in total. The molecule has 3 heteroatoms. The molecule has 0 saturated heterocycles. The van der Waals surface area contributed by atoms with E-state index in [9.17, 15) is 0 Å². The molecule has 0 aliphatic rings. The van der Waals surface area contributed by atoms with Gasteiger partial charge in [0.15, 0.2) is 0 Å². The molecule has 0 fully saturated rings. The highest BCUT2D eigenvalue weighted by atomic mass is 15.0. The summed E-state index contributed by atoms with van der Waals surface area (Å²) in [4.78, 5) is 8.82. The molecule has 0 spiro atoms. The summed E-state index contributed by atoms with van der Waals surface area (Å²) in [6.45, 7) is 1.91. The van der Waals surface area contributed by atoms with Gasteiger partial charge in [0.25, 0.3) is 0 Å². The van der Waals surface area contributed by atoms with Crippen molar-refractivity contribution in [2.45, 2.75) is 6.92 Å². The van der Waals surface area contributed by atoms with Gasteiger partial charge in [0.1, 0.15) is 11.6 Å². The van der Waals surface area contributed by atoms with Gasteiger partial charge in [0, 0.05) is 18.7 Å². The third kappa shape index (κ3) is 2.92. The first-order valence-corrected chi connectivity index (χ1v) is 6.95. The fourth-order valence-corrected chi connectivity index (χ4v) is 2.31. The van der Waals surface area contributed by atoms with Gasteiger partial charge in [-0.25, -0.2) is 9.97 Å². The Bertz CT molecular complexity index is 734. The van der Waals surface area contributed by atoms with Crippen LogP contribution in [0.2, 0.25) is 0 Å². The van der Waals surface area contributed by atoms with Gasteiger partial charge < -0.3 is 5.32 Å². The zero-order valence-corrected chi connectivity index (χ0v) is 12.2. The summed E-state index contributed by atoms with van der Waals surface area (Å²) >= 11 is 0. The molecule has 21 heavy (non-hydrogen) atoms. The van der Waals surface area contributed by atoms with E-state index in [0.29, 0.717) is 0 Å². The molecule has 0 unspecified atom stereocenters. The van der Waals surface area contributed by atoms with E-state index in [1.54, 1.807) is 0 Å². The molecule has 1 aromatic heterocycles. The van der Waals surface area contributed by atoms with E-state index in [1.165, 1.54) is 11.1 Å². The Hall–Kier alpha value is -2.68. The van der Waals surface area contributed by atoms with Crippen LogP contribution in [0.5, 0.6) is 0 Å². The second-order valence-electron chi connectivity index (χ2n) is 4.88. The van der Waals surface area contributed by atoms with E-state index < -0.39 is 0 Å². The van der Waals surface area contributed by atoms with E-state index in [2.05, 4.69) is 63.8 Å². The highest BCUT2D eigenvalue weighted by Gasteiger charge is 2.04. The second kappa shape index (κ2) is 5.75. The predicted molar refractivity (Wildman–Crippen MR) is 87.2 cm³/mol. The number of rotatable bonds is 3. The quantitative estimate of drug-likeness (QED) is 0.780. The highest BCUT2D eigenvalue weighted by Crippen LogP contribution is 2.24. The number of aromatic nitrogens is 2. The topological polar surface area (TPSA) is 37.8 Å². The normalized spacial score (nSPS) is 10.4. The lowest BCUT2D eigenvalue weighted by Crippen LogP contribution is -1.98. The van der Waals surface area contributed by atoms with Crippen LogP contribution in [-0.4, -0.2) is 17.0 Å². The molecular weight excluding hydrogens is 258 g/mol. The first-order chi connectivity index (χ1) is 10.3. The Morgan fingerprint density at radius 3 is 2.05 bits per heavy atom. The maximum atomic E-state index is 4.50. The van der Waals surface area contributed by atoms with E-state index in [-0.39, 0.29) is 0 Å². The third-order valence-corrected chi connectivity index (χ3v) is 3.38. The molecule has 104 valence electrons. The average Bonchev–Trinajstić information content (AvgIpc) is 2.55. The molecule has 0 radical (unpaired) electrons. The first kappa shape index (κ1) is 13.3. The Balaban J connectivity index is 1.96. The molecule has 0 atom stereocenters. The fraction of sp³-hybridized carbons (Fsp3) is 0.111. The minimum atomic E-state index is 0.768. The molecule has 3 nitrogen and oxygen atoms in total. The first-order valence-electron chi connectivity index (χ1n) is 6.95. The van der Waals surface area contributed by atoms with Gasteiger partial charge in [0.2, 0.25) is 0 Å². The van der Waals surface area contributed by atoms with Crippen molar-refractivity contribution in [1.29, 1.82) is 0 Å².